The van der Waals surface area contributed by atoms with Crippen molar-refractivity contribution >= 4 is 49.0 Å². The maximum atomic E-state index is 13.2. The minimum atomic E-state index is -4.68. The Morgan fingerprint density at radius 1 is 0.844 bits per heavy atom. The number of hydrogen-bond acceptors (Lipinski definition) is 3. The van der Waals surface area contributed by atoms with Crippen LogP contribution < -0.4 is 15.4 Å². The summed E-state index contributed by atoms with van der Waals surface area (Å²) in [6.45, 7) is 0. The van der Waals surface area contributed by atoms with Gasteiger partial charge in [0.25, 0.3) is 0 Å². The quantitative estimate of drug-likeness (QED) is 0.364. The molecule has 0 bridgehead atoms. The first-order chi connectivity index (χ1) is 15.0. The van der Waals surface area contributed by atoms with Crippen LogP contribution in [-0.2, 0) is 22.0 Å². The van der Waals surface area contributed by atoms with Crippen molar-refractivity contribution in [1.82, 2.24) is 0 Å². The van der Waals surface area contributed by atoms with Gasteiger partial charge in [-0.15, -0.1) is 0 Å². The third kappa shape index (κ3) is 6.47. The van der Waals surface area contributed by atoms with Crippen LogP contribution in [0.15, 0.2) is 77.3 Å². The summed E-state index contributed by atoms with van der Waals surface area (Å²) in [5, 5.41) is 4.78. The van der Waals surface area contributed by atoms with Crippen molar-refractivity contribution in [1.29, 1.82) is 0 Å². The van der Waals surface area contributed by atoms with E-state index in [1.807, 2.05) is 0 Å². The Morgan fingerprint density at radius 3 is 2.12 bits per heavy atom. The molecule has 3 N–H and O–H groups in total. The van der Waals surface area contributed by atoms with Crippen LogP contribution in [0.3, 0.4) is 0 Å². The molecule has 6 nitrogen and oxygen atoms in total. The number of carbonyl (C=O) groups is 1. The fourth-order valence-corrected chi connectivity index (χ4v) is 4.35. The number of benzene rings is 3. The van der Waals surface area contributed by atoms with Gasteiger partial charge in [-0.2, -0.15) is 13.2 Å². The van der Waals surface area contributed by atoms with Crippen LogP contribution in [0, 0.1) is 0 Å². The molecular weight excluding hydrogens is 511 g/mol. The number of halogens is 4. The van der Waals surface area contributed by atoms with Gasteiger partial charge in [-0.3, -0.25) is 4.72 Å². The van der Waals surface area contributed by atoms with E-state index in [0.29, 0.717) is 21.8 Å². The Labute approximate surface area is 191 Å². The number of sulfonamides is 1. The number of para-hydroxylation sites is 1. The molecule has 11 heteroatoms. The van der Waals surface area contributed by atoms with Gasteiger partial charge in [0.05, 0.1) is 28.4 Å². The first-order valence-corrected chi connectivity index (χ1v) is 11.6. The molecule has 0 saturated carbocycles. The molecule has 0 heterocycles. The summed E-state index contributed by atoms with van der Waals surface area (Å²) in [6, 6.07) is 16.4. The monoisotopic (exact) mass is 527 g/mol. The van der Waals surface area contributed by atoms with Gasteiger partial charge in [0.1, 0.15) is 0 Å². The molecule has 0 aliphatic rings. The summed E-state index contributed by atoms with van der Waals surface area (Å²) in [5.41, 5.74) is -0.715. The lowest BCUT2D eigenvalue weighted by atomic mass is 10.1. The number of carbonyl (C=O) groups excluding carboxylic acids is 1. The van der Waals surface area contributed by atoms with E-state index in [2.05, 4.69) is 31.3 Å². The van der Waals surface area contributed by atoms with Gasteiger partial charge in [0, 0.05) is 4.47 Å². The van der Waals surface area contributed by atoms with Crippen LogP contribution in [0.5, 0.6) is 0 Å². The van der Waals surface area contributed by atoms with Crippen molar-refractivity contribution < 1.29 is 26.4 Å². The lowest BCUT2D eigenvalue weighted by Crippen LogP contribution is -2.22. The van der Waals surface area contributed by atoms with Crippen LogP contribution in [0.4, 0.5) is 35.0 Å². The molecule has 3 rings (SSSR count). The molecule has 0 fully saturated rings. The SMILES string of the molecule is O=C(Nc1ccccc1Br)Nc1cc(C(F)(F)F)ccc1NS(=O)(=O)Cc1ccccc1. The second kappa shape index (κ2) is 9.61. The minimum absolute atomic E-state index is 0.198. The summed E-state index contributed by atoms with van der Waals surface area (Å²) >= 11 is 3.25. The van der Waals surface area contributed by atoms with Crippen molar-refractivity contribution in [2.24, 2.45) is 0 Å². The summed E-state index contributed by atoms with van der Waals surface area (Å²) in [6.07, 6.45) is -4.68. The first kappa shape index (κ1) is 23.6. The van der Waals surface area contributed by atoms with Crippen LogP contribution >= 0.6 is 15.9 Å². The Balaban J connectivity index is 1.87. The van der Waals surface area contributed by atoms with E-state index in [0.717, 1.165) is 12.1 Å². The molecule has 2 amide bonds. The Bertz CT molecular complexity index is 1220. The minimum Gasteiger partial charge on any atom is -0.307 e. The zero-order valence-corrected chi connectivity index (χ0v) is 18.7. The van der Waals surface area contributed by atoms with Crippen LogP contribution in [-0.4, -0.2) is 14.4 Å². The lowest BCUT2D eigenvalue weighted by molar-refractivity contribution is -0.137. The molecule has 0 saturated heterocycles. The Hall–Kier alpha value is -3.05. The summed E-state index contributed by atoms with van der Waals surface area (Å²) < 4.78 is 67.5. The molecule has 168 valence electrons. The second-order valence-corrected chi connectivity index (χ2v) is 9.24. The number of alkyl halides is 3. The van der Waals surface area contributed by atoms with E-state index in [1.165, 1.54) is 0 Å². The molecule has 0 aliphatic carbocycles. The van der Waals surface area contributed by atoms with Gasteiger partial charge in [-0.1, -0.05) is 42.5 Å². The lowest BCUT2D eigenvalue weighted by Gasteiger charge is -2.17. The highest BCUT2D eigenvalue weighted by Gasteiger charge is 2.31. The largest absolute Gasteiger partial charge is 0.416 e. The van der Waals surface area contributed by atoms with E-state index in [-0.39, 0.29) is 11.4 Å². The highest BCUT2D eigenvalue weighted by Crippen LogP contribution is 2.35. The summed E-state index contributed by atoms with van der Waals surface area (Å²) in [4.78, 5) is 12.4. The zero-order chi connectivity index (χ0) is 23.4. The molecule has 0 aromatic heterocycles. The number of hydrogen-bond donors (Lipinski definition) is 3. The molecule has 3 aromatic carbocycles. The Kier molecular flexibility index (Phi) is 7.09. The molecule has 3 aromatic rings. The van der Waals surface area contributed by atoms with Crippen LogP contribution in [0.1, 0.15) is 11.1 Å². The number of amides is 2. The van der Waals surface area contributed by atoms with Crippen molar-refractivity contribution in [2.75, 3.05) is 15.4 Å². The van der Waals surface area contributed by atoms with Gasteiger partial charge in [0.15, 0.2) is 0 Å². The van der Waals surface area contributed by atoms with E-state index in [4.69, 9.17) is 0 Å². The number of nitrogens with one attached hydrogen (secondary N) is 3. The standard InChI is InChI=1S/C21H17BrF3N3O3S/c22-16-8-4-5-9-17(16)26-20(29)27-19-12-15(21(23,24)25)10-11-18(19)28-32(30,31)13-14-6-2-1-3-7-14/h1-12,28H,13H2,(H2,26,27,29). The third-order valence-corrected chi connectivity index (χ3v) is 6.12. The molecule has 0 aliphatic heterocycles. The highest BCUT2D eigenvalue weighted by atomic mass is 79.9. The molecular formula is C21H17BrF3N3O3S. The molecule has 32 heavy (non-hydrogen) atoms. The van der Waals surface area contributed by atoms with Crippen molar-refractivity contribution in [2.45, 2.75) is 11.9 Å². The first-order valence-electron chi connectivity index (χ1n) is 9.12. The van der Waals surface area contributed by atoms with Crippen LogP contribution in [0.2, 0.25) is 0 Å². The zero-order valence-electron chi connectivity index (χ0n) is 16.3. The van der Waals surface area contributed by atoms with E-state index in [1.54, 1.807) is 54.6 Å². The van der Waals surface area contributed by atoms with Crippen molar-refractivity contribution in [3.05, 3.63) is 88.4 Å². The third-order valence-electron chi connectivity index (χ3n) is 4.18. The van der Waals surface area contributed by atoms with E-state index < -0.39 is 33.5 Å². The number of urea groups is 1. The van der Waals surface area contributed by atoms with Crippen molar-refractivity contribution in [3.63, 3.8) is 0 Å². The number of rotatable bonds is 6. The van der Waals surface area contributed by atoms with Gasteiger partial charge in [0.2, 0.25) is 10.0 Å². The predicted octanol–water partition coefficient (Wildman–Crippen LogP) is 6.05. The fraction of sp³-hybridized carbons (Fsp3) is 0.0952. The van der Waals surface area contributed by atoms with Gasteiger partial charge in [-0.05, 0) is 51.8 Å². The van der Waals surface area contributed by atoms with Gasteiger partial charge < -0.3 is 10.6 Å². The Morgan fingerprint density at radius 2 is 1.47 bits per heavy atom. The number of anilines is 3. The maximum Gasteiger partial charge on any atom is 0.416 e. The average molecular weight is 528 g/mol. The normalized spacial score (nSPS) is 11.6. The van der Waals surface area contributed by atoms with Crippen LogP contribution in [0.25, 0.3) is 0 Å². The smallest absolute Gasteiger partial charge is 0.307 e. The topological polar surface area (TPSA) is 87.3 Å². The van der Waals surface area contributed by atoms with E-state index in [9.17, 15) is 26.4 Å². The highest BCUT2D eigenvalue weighted by molar-refractivity contribution is 9.10. The molecule has 0 unspecified atom stereocenters. The second-order valence-electron chi connectivity index (χ2n) is 6.66. The van der Waals surface area contributed by atoms with Gasteiger partial charge >= 0.3 is 12.2 Å². The maximum absolute atomic E-state index is 13.2. The summed E-state index contributed by atoms with van der Waals surface area (Å²) in [7, 11) is -3.97. The molecule has 0 radical (unpaired) electrons. The average Bonchev–Trinajstić information content (AvgIpc) is 2.70. The molecule has 0 atom stereocenters. The predicted molar refractivity (Wildman–Crippen MR) is 121 cm³/mol. The van der Waals surface area contributed by atoms with Gasteiger partial charge in [-0.25, -0.2) is 13.2 Å². The molecule has 0 spiro atoms. The summed E-state index contributed by atoms with van der Waals surface area (Å²) in [5.74, 6) is -0.391. The van der Waals surface area contributed by atoms with Crippen molar-refractivity contribution in [3.8, 4) is 0 Å². The van der Waals surface area contributed by atoms with E-state index >= 15 is 0 Å². The fourth-order valence-electron chi connectivity index (χ4n) is 2.75.